The van der Waals surface area contributed by atoms with Crippen molar-refractivity contribution in [3.63, 3.8) is 0 Å². The van der Waals surface area contributed by atoms with E-state index in [0.717, 1.165) is 23.2 Å². The Kier molecular flexibility index (Phi) is 3.23. The van der Waals surface area contributed by atoms with Crippen LogP contribution in [0.3, 0.4) is 0 Å². The molecule has 1 aliphatic carbocycles. The largest absolute Gasteiger partial charge is 0.338 e. The predicted octanol–water partition coefficient (Wildman–Crippen LogP) is 4.73. The molecular weight excluding hydrogens is 372 g/mol. The Hall–Kier alpha value is -1.40. The summed E-state index contributed by atoms with van der Waals surface area (Å²) in [6, 6.07) is 6.43. The van der Waals surface area contributed by atoms with E-state index >= 15 is 0 Å². The minimum Gasteiger partial charge on any atom is -0.338 e. The lowest BCUT2D eigenvalue weighted by Gasteiger charge is -2.12. The van der Waals surface area contributed by atoms with Crippen molar-refractivity contribution in [2.45, 2.75) is 44.7 Å². The van der Waals surface area contributed by atoms with Crippen LogP contribution in [-0.2, 0) is 13.1 Å². The molecule has 0 N–H and O–H groups in total. The van der Waals surface area contributed by atoms with Crippen LogP contribution >= 0.6 is 27.3 Å². The van der Waals surface area contributed by atoms with Gasteiger partial charge in [-0.2, -0.15) is 0 Å². The van der Waals surface area contributed by atoms with Crippen molar-refractivity contribution >= 4 is 37.4 Å². The first-order valence-electron chi connectivity index (χ1n) is 8.15. The van der Waals surface area contributed by atoms with Gasteiger partial charge >= 0.3 is 0 Å². The van der Waals surface area contributed by atoms with E-state index in [1.54, 1.807) is 11.3 Å². The van der Waals surface area contributed by atoms with Crippen molar-refractivity contribution in [3.05, 3.63) is 45.7 Å². The third-order valence-corrected chi connectivity index (χ3v) is 6.75. The SMILES string of the molecule is Brc1cccc2c1CN(c1nn3cc(C4CCCC4)nc3s1)C2. The highest BCUT2D eigenvalue weighted by Gasteiger charge is 2.25. The van der Waals surface area contributed by atoms with Crippen molar-refractivity contribution in [3.8, 4) is 0 Å². The van der Waals surface area contributed by atoms with Crippen molar-refractivity contribution in [1.29, 1.82) is 0 Å². The smallest absolute Gasteiger partial charge is 0.214 e. The summed E-state index contributed by atoms with van der Waals surface area (Å²) in [4.78, 5) is 8.20. The maximum atomic E-state index is 4.84. The molecule has 1 aromatic carbocycles. The van der Waals surface area contributed by atoms with Gasteiger partial charge in [0.05, 0.1) is 11.9 Å². The zero-order valence-corrected chi connectivity index (χ0v) is 15.1. The van der Waals surface area contributed by atoms with Gasteiger partial charge in [-0.05, 0) is 30.0 Å². The summed E-state index contributed by atoms with van der Waals surface area (Å²) in [6.45, 7) is 1.85. The Morgan fingerprint density at radius 1 is 1.17 bits per heavy atom. The Morgan fingerprint density at radius 3 is 2.83 bits per heavy atom. The highest BCUT2D eigenvalue weighted by atomic mass is 79.9. The molecule has 1 fully saturated rings. The second kappa shape index (κ2) is 5.31. The van der Waals surface area contributed by atoms with E-state index in [0.29, 0.717) is 5.92 Å². The normalized spacial score (nSPS) is 18.2. The number of hydrogen-bond donors (Lipinski definition) is 0. The number of rotatable bonds is 2. The van der Waals surface area contributed by atoms with Gasteiger partial charge in [0, 0.05) is 23.5 Å². The standard InChI is InChI=1S/C17H17BrN4S/c18-14-7-3-6-12-8-21(9-13(12)14)17-20-22-10-15(19-16(22)23-17)11-4-1-2-5-11/h3,6-7,10-11H,1-2,4-5,8-9H2. The van der Waals surface area contributed by atoms with Crippen LogP contribution in [0.15, 0.2) is 28.9 Å². The number of nitrogens with zero attached hydrogens (tertiary/aromatic N) is 4. The van der Waals surface area contributed by atoms with E-state index in [1.807, 2.05) is 4.52 Å². The van der Waals surface area contributed by atoms with Crippen LogP contribution in [0.5, 0.6) is 0 Å². The van der Waals surface area contributed by atoms with Crippen molar-refractivity contribution < 1.29 is 0 Å². The highest BCUT2D eigenvalue weighted by molar-refractivity contribution is 9.10. The summed E-state index contributed by atoms with van der Waals surface area (Å²) in [5, 5.41) is 5.85. The first kappa shape index (κ1) is 14.0. The van der Waals surface area contributed by atoms with Gasteiger partial charge in [0.2, 0.25) is 10.1 Å². The van der Waals surface area contributed by atoms with Crippen LogP contribution in [0.25, 0.3) is 4.96 Å². The van der Waals surface area contributed by atoms with Crippen LogP contribution in [0, 0.1) is 0 Å². The third-order valence-electron chi connectivity index (χ3n) is 5.02. The number of imidazole rings is 1. The maximum absolute atomic E-state index is 4.84. The van der Waals surface area contributed by atoms with Gasteiger partial charge in [-0.1, -0.05) is 52.2 Å². The van der Waals surface area contributed by atoms with E-state index in [1.165, 1.54) is 47.0 Å². The van der Waals surface area contributed by atoms with Gasteiger partial charge in [0.1, 0.15) is 0 Å². The molecule has 0 bridgehead atoms. The minimum absolute atomic E-state index is 0.652. The molecule has 0 radical (unpaired) electrons. The number of hydrogen-bond acceptors (Lipinski definition) is 4. The molecule has 2 aromatic heterocycles. The predicted molar refractivity (Wildman–Crippen MR) is 96.1 cm³/mol. The molecule has 5 rings (SSSR count). The molecule has 0 atom stereocenters. The number of halogens is 1. The Bertz CT molecular complexity index is 846. The maximum Gasteiger partial charge on any atom is 0.214 e. The lowest BCUT2D eigenvalue weighted by atomic mass is 10.1. The molecule has 6 heteroatoms. The molecule has 1 aliphatic heterocycles. The first-order chi connectivity index (χ1) is 11.3. The molecule has 4 nitrogen and oxygen atoms in total. The van der Waals surface area contributed by atoms with Crippen LogP contribution in [-0.4, -0.2) is 14.6 Å². The molecule has 1 saturated carbocycles. The monoisotopic (exact) mass is 388 g/mol. The molecule has 0 saturated heterocycles. The van der Waals surface area contributed by atoms with E-state index in [4.69, 9.17) is 10.1 Å². The van der Waals surface area contributed by atoms with Gasteiger partial charge in [0.25, 0.3) is 0 Å². The molecule has 23 heavy (non-hydrogen) atoms. The molecule has 0 spiro atoms. The first-order valence-corrected chi connectivity index (χ1v) is 9.76. The molecule has 118 valence electrons. The van der Waals surface area contributed by atoms with Crippen molar-refractivity contribution in [2.75, 3.05) is 4.90 Å². The lowest BCUT2D eigenvalue weighted by Crippen LogP contribution is -2.14. The fourth-order valence-corrected chi connectivity index (χ4v) is 5.19. The van der Waals surface area contributed by atoms with Crippen LogP contribution in [0.4, 0.5) is 5.13 Å². The molecular formula is C17H17BrN4S. The van der Waals surface area contributed by atoms with Crippen LogP contribution in [0.1, 0.15) is 48.4 Å². The molecule has 0 unspecified atom stereocenters. The molecule has 3 aromatic rings. The van der Waals surface area contributed by atoms with Crippen LogP contribution in [0.2, 0.25) is 0 Å². The number of benzene rings is 1. The summed E-state index contributed by atoms with van der Waals surface area (Å²) in [5.41, 5.74) is 4.01. The van der Waals surface area contributed by atoms with Gasteiger partial charge in [-0.3, -0.25) is 0 Å². The van der Waals surface area contributed by atoms with Crippen LogP contribution < -0.4 is 4.90 Å². The number of anilines is 1. The van der Waals surface area contributed by atoms with Gasteiger partial charge in [-0.15, -0.1) is 5.10 Å². The van der Waals surface area contributed by atoms with E-state index in [2.05, 4.69) is 45.2 Å². The zero-order chi connectivity index (χ0) is 15.4. The van der Waals surface area contributed by atoms with E-state index < -0.39 is 0 Å². The molecule has 0 amide bonds. The quantitative estimate of drug-likeness (QED) is 0.635. The molecule has 3 heterocycles. The fraction of sp³-hybridized carbons (Fsp3) is 0.412. The average molecular weight is 389 g/mol. The average Bonchev–Trinajstić information content (AvgIpc) is 3.28. The van der Waals surface area contributed by atoms with Gasteiger partial charge in [0.15, 0.2) is 0 Å². The van der Waals surface area contributed by atoms with Gasteiger partial charge < -0.3 is 4.90 Å². The number of fused-ring (bicyclic) bond motifs is 2. The third kappa shape index (κ3) is 2.31. The highest BCUT2D eigenvalue weighted by Crippen LogP contribution is 2.37. The summed E-state index contributed by atoms with van der Waals surface area (Å²) < 4.78 is 3.17. The topological polar surface area (TPSA) is 33.4 Å². The lowest BCUT2D eigenvalue weighted by molar-refractivity contribution is 0.702. The van der Waals surface area contributed by atoms with Crippen molar-refractivity contribution in [1.82, 2.24) is 14.6 Å². The number of aromatic nitrogens is 3. The summed E-state index contributed by atoms with van der Waals surface area (Å²) in [6.07, 6.45) is 7.40. The fourth-order valence-electron chi connectivity index (χ4n) is 3.77. The van der Waals surface area contributed by atoms with E-state index in [-0.39, 0.29) is 0 Å². The molecule has 2 aliphatic rings. The summed E-state index contributed by atoms with van der Waals surface area (Å²) in [7, 11) is 0. The second-order valence-electron chi connectivity index (χ2n) is 6.49. The van der Waals surface area contributed by atoms with Gasteiger partial charge in [-0.25, -0.2) is 9.50 Å². The summed E-state index contributed by atoms with van der Waals surface area (Å²) in [5.74, 6) is 0.652. The second-order valence-corrected chi connectivity index (χ2v) is 8.28. The zero-order valence-electron chi connectivity index (χ0n) is 12.7. The summed E-state index contributed by atoms with van der Waals surface area (Å²) >= 11 is 5.36. The van der Waals surface area contributed by atoms with Crippen molar-refractivity contribution in [2.24, 2.45) is 0 Å². The van der Waals surface area contributed by atoms with E-state index in [9.17, 15) is 0 Å². The Balaban J connectivity index is 1.44. The minimum atomic E-state index is 0.652. The Labute approximate surface area is 147 Å². The Morgan fingerprint density at radius 2 is 2.04 bits per heavy atom.